The predicted octanol–water partition coefficient (Wildman–Crippen LogP) is 4.70. The van der Waals surface area contributed by atoms with Gasteiger partial charge in [0.15, 0.2) is 0 Å². The number of likely N-dealkylation sites (N-methyl/N-ethyl adjacent to an activating group) is 1. The minimum absolute atomic E-state index is 0.0132. The summed E-state index contributed by atoms with van der Waals surface area (Å²) in [5, 5.41) is 5.23. The van der Waals surface area contributed by atoms with Gasteiger partial charge in [0, 0.05) is 35.3 Å². The van der Waals surface area contributed by atoms with Crippen LogP contribution in [0.25, 0.3) is 10.2 Å². The highest BCUT2D eigenvalue weighted by molar-refractivity contribution is 7.19. The molecule has 6 nitrogen and oxygen atoms in total. The number of fused-ring (bicyclic) bond motifs is 3. The number of hydrogen-bond donors (Lipinski definition) is 1. The Balaban J connectivity index is 1.60. The number of anilines is 2. The number of thiophene rings is 1. The number of nitrogens with one attached hydrogen (secondary N) is 1. The minimum Gasteiger partial charge on any atom is -0.340 e. The molecule has 2 aromatic heterocycles. The van der Waals surface area contributed by atoms with E-state index in [0.29, 0.717) is 29.0 Å². The van der Waals surface area contributed by atoms with Crippen LogP contribution < -0.4 is 5.32 Å². The summed E-state index contributed by atoms with van der Waals surface area (Å²) in [7, 11) is 3.94. The minimum atomic E-state index is 0.0132. The lowest BCUT2D eigenvalue weighted by Gasteiger charge is -2.14. The van der Waals surface area contributed by atoms with Crippen molar-refractivity contribution in [3.05, 3.63) is 57.2 Å². The molecule has 1 aliphatic rings. The predicted molar refractivity (Wildman–Crippen MR) is 119 cm³/mol. The van der Waals surface area contributed by atoms with Crippen molar-refractivity contribution in [2.24, 2.45) is 0 Å². The van der Waals surface area contributed by atoms with Gasteiger partial charge >= 0.3 is 0 Å². The van der Waals surface area contributed by atoms with Gasteiger partial charge in [0.1, 0.15) is 17.0 Å². The number of aromatic nitrogens is 2. The van der Waals surface area contributed by atoms with E-state index in [9.17, 15) is 4.79 Å². The first-order valence-corrected chi connectivity index (χ1v) is 10.6. The zero-order chi connectivity index (χ0) is 20.5. The van der Waals surface area contributed by atoms with Crippen LogP contribution in [0, 0.1) is 0 Å². The number of hydrogen-bond acceptors (Lipinski definition) is 6. The van der Waals surface area contributed by atoms with Crippen LogP contribution in [0.3, 0.4) is 0 Å². The van der Waals surface area contributed by atoms with Crippen LogP contribution in [0.4, 0.5) is 11.5 Å². The van der Waals surface area contributed by atoms with Gasteiger partial charge < -0.3 is 15.1 Å². The van der Waals surface area contributed by atoms with Crippen LogP contribution in [-0.4, -0.2) is 46.3 Å². The topological polar surface area (TPSA) is 61.4 Å². The highest BCUT2D eigenvalue weighted by atomic mass is 35.5. The van der Waals surface area contributed by atoms with E-state index in [-0.39, 0.29) is 5.91 Å². The molecule has 0 fully saturated rings. The fourth-order valence-corrected chi connectivity index (χ4v) is 4.65. The van der Waals surface area contributed by atoms with Gasteiger partial charge in [-0.05, 0) is 32.3 Å². The first kappa shape index (κ1) is 20.1. The second kappa shape index (κ2) is 8.28. The number of carbonyl (C=O) groups excluding carboxylic acids is 1. The van der Waals surface area contributed by atoms with Crippen LogP contribution in [0.15, 0.2) is 36.7 Å². The van der Waals surface area contributed by atoms with Crippen LogP contribution in [0.5, 0.6) is 0 Å². The van der Waals surface area contributed by atoms with Gasteiger partial charge in [-0.3, -0.25) is 4.79 Å². The highest BCUT2D eigenvalue weighted by Crippen LogP contribution is 2.40. The highest BCUT2D eigenvalue weighted by Gasteiger charge is 2.28. The smallest absolute Gasteiger partial charge is 0.246 e. The lowest BCUT2D eigenvalue weighted by molar-refractivity contribution is -0.126. The molecule has 3 aromatic rings. The SMILES string of the molecule is CN(C)C/C=C/C(=O)N1Cc2sc3ncnc(Nc4ccc(Cl)c(Cl)c4)c3c2C1. The fourth-order valence-electron chi connectivity index (χ4n) is 3.18. The number of nitrogens with zero attached hydrogens (tertiary/aromatic N) is 4. The van der Waals surface area contributed by atoms with Crippen LogP contribution >= 0.6 is 34.5 Å². The molecule has 0 saturated heterocycles. The summed E-state index contributed by atoms with van der Waals surface area (Å²) in [4.78, 5) is 27.3. The summed E-state index contributed by atoms with van der Waals surface area (Å²) < 4.78 is 0. The average molecular weight is 448 g/mol. The fraction of sp³-hybridized carbons (Fsp3) is 0.250. The molecule has 150 valence electrons. The van der Waals surface area contributed by atoms with Gasteiger partial charge in [-0.15, -0.1) is 11.3 Å². The molecule has 3 heterocycles. The van der Waals surface area contributed by atoms with Crippen molar-refractivity contribution in [3.8, 4) is 0 Å². The molecule has 0 bridgehead atoms. The van der Waals surface area contributed by atoms with Crippen LogP contribution in [0.2, 0.25) is 10.0 Å². The van der Waals surface area contributed by atoms with E-state index in [0.717, 1.165) is 32.9 Å². The molecule has 9 heteroatoms. The standard InChI is InChI=1S/C20H19Cl2N5OS/c1-26(2)7-3-4-17(28)27-9-13-16(10-27)29-20-18(13)19(23-11-24-20)25-12-5-6-14(21)15(22)8-12/h3-6,8,11H,7,9-10H2,1-2H3,(H,23,24,25)/b4-3+. The monoisotopic (exact) mass is 447 g/mol. The summed E-state index contributed by atoms with van der Waals surface area (Å²) in [5.41, 5.74) is 1.89. The van der Waals surface area contributed by atoms with Crippen molar-refractivity contribution in [2.45, 2.75) is 13.1 Å². The molecule has 29 heavy (non-hydrogen) atoms. The van der Waals surface area contributed by atoms with Gasteiger partial charge in [0.2, 0.25) is 5.91 Å². The summed E-state index contributed by atoms with van der Waals surface area (Å²) in [6, 6.07) is 5.35. The van der Waals surface area contributed by atoms with Crippen molar-refractivity contribution in [1.82, 2.24) is 19.8 Å². The van der Waals surface area contributed by atoms with Crippen molar-refractivity contribution in [2.75, 3.05) is 26.0 Å². The molecule has 1 amide bonds. The molecular formula is C20H19Cl2N5OS. The van der Waals surface area contributed by atoms with Gasteiger partial charge in [0.25, 0.3) is 0 Å². The molecule has 1 aliphatic heterocycles. The van der Waals surface area contributed by atoms with Gasteiger partial charge in [-0.2, -0.15) is 0 Å². The number of amides is 1. The van der Waals surface area contributed by atoms with E-state index in [2.05, 4.69) is 15.3 Å². The van der Waals surface area contributed by atoms with E-state index in [1.807, 2.05) is 36.0 Å². The van der Waals surface area contributed by atoms with E-state index in [4.69, 9.17) is 23.2 Å². The molecule has 0 saturated carbocycles. The molecule has 1 aromatic carbocycles. The Labute approximate surface area is 182 Å². The van der Waals surface area contributed by atoms with Crippen molar-refractivity contribution in [3.63, 3.8) is 0 Å². The zero-order valence-corrected chi connectivity index (χ0v) is 18.3. The third-order valence-corrected chi connectivity index (χ3v) is 6.44. The Bertz CT molecular complexity index is 1110. The lowest BCUT2D eigenvalue weighted by Crippen LogP contribution is -2.23. The summed E-state index contributed by atoms with van der Waals surface area (Å²) in [6.07, 6.45) is 5.07. The second-order valence-corrected chi connectivity index (χ2v) is 8.92. The zero-order valence-electron chi connectivity index (χ0n) is 15.9. The largest absolute Gasteiger partial charge is 0.340 e. The Kier molecular flexibility index (Phi) is 5.74. The van der Waals surface area contributed by atoms with Crippen molar-refractivity contribution < 1.29 is 4.79 Å². The number of halogens is 2. The van der Waals surface area contributed by atoms with E-state index < -0.39 is 0 Å². The first-order valence-electron chi connectivity index (χ1n) is 9.00. The lowest BCUT2D eigenvalue weighted by atomic mass is 10.2. The molecule has 4 rings (SSSR count). The summed E-state index contributed by atoms with van der Waals surface area (Å²) in [5.74, 6) is 0.711. The Morgan fingerprint density at radius 2 is 2.10 bits per heavy atom. The average Bonchev–Trinajstić information content (AvgIpc) is 3.22. The molecule has 1 N–H and O–H groups in total. The number of benzene rings is 1. The molecule has 0 aliphatic carbocycles. The maximum absolute atomic E-state index is 12.5. The van der Waals surface area contributed by atoms with E-state index >= 15 is 0 Å². The van der Waals surface area contributed by atoms with Gasteiger partial charge in [-0.1, -0.05) is 29.3 Å². The molecule has 0 atom stereocenters. The Morgan fingerprint density at radius 1 is 1.28 bits per heavy atom. The molecule has 0 spiro atoms. The van der Waals surface area contributed by atoms with Crippen LogP contribution in [0.1, 0.15) is 10.4 Å². The molecule has 0 radical (unpaired) electrons. The normalized spacial score (nSPS) is 13.6. The number of rotatable bonds is 5. The summed E-state index contributed by atoms with van der Waals surface area (Å²) in [6.45, 7) is 1.87. The maximum Gasteiger partial charge on any atom is 0.246 e. The van der Waals surface area contributed by atoms with E-state index in [1.165, 1.54) is 0 Å². The van der Waals surface area contributed by atoms with Crippen LogP contribution in [-0.2, 0) is 17.9 Å². The van der Waals surface area contributed by atoms with Gasteiger partial charge in [0.05, 0.1) is 22.0 Å². The third-order valence-electron chi connectivity index (χ3n) is 4.58. The first-order chi connectivity index (χ1) is 13.9. The molecular weight excluding hydrogens is 429 g/mol. The van der Waals surface area contributed by atoms with Crippen molar-refractivity contribution in [1.29, 1.82) is 0 Å². The quantitative estimate of drug-likeness (QED) is 0.574. The number of carbonyl (C=O) groups is 1. The molecule has 0 unspecified atom stereocenters. The Hall–Kier alpha value is -2.19. The third kappa shape index (κ3) is 4.23. The van der Waals surface area contributed by atoms with E-state index in [1.54, 1.807) is 35.9 Å². The maximum atomic E-state index is 12.5. The van der Waals surface area contributed by atoms with Gasteiger partial charge in [-0.25, -0.2) is 9.97 Å². The second-order valence-electron chi connectivity index (χ2n) is 7.02. The Morgan fingerprint density at radius 3 is 2.86 bits per heavy atom. The van der Waals surface area contributed by atoms with Crippen molar-refractivity contribution >= 4 is 62.2 Å². The summed E-state index contributed by atoms with van der Waals surface area (Å²) >= 11 is 13.7.